The molecule has 4 nitrogen and oxygen atoms in total. The third kappa shape index (κ3) is 13.2. The summed E-state index contributed by atoms with van der Waals surface area (Å²) in [6, 6.07) is 12.7. The highest BCUT2D eigenvalue weighted by Gasteiger charge is 2.23. The predicted octanol–water partition coefficient (Wildman–Crippen LogP) is 12.7. The molecule has 0 bridgehead atoms. The number of nitrogens with one attached hydrogen (secondary N) is 1. The molecule has 1 aliphatic rings. The summed E-state index contributed by atoms with van der Waals surface area (Å²) in [5.41, 5.74) is 3.50. The monoisotopic (exact) mass is 671 g/mol. The maximum absolute atomic E-state index is 13.2. The van der Waals surface area contributed by atoms with Crippen molar-refractivity contribution in [3.05, 3.63) is 80.9 Å². The fourth-order valence-corrected chi connectivity index (χ4v) is 5.83. The Balaban J connectivity index is 0.00000127. The lowest BCUT2D eigenvalue weighted by molar-refractivity contribution is 0.0947. The number of hydrogen-bond donors (Lipinski definition) is 1. The summed E-state index contributed by atoms with van der Waals surface area (Å²) < 4.78 is 1.72. The number of nitrogens with zero attached hydrogens (tertiary/aromatic N) is 2. The Bertz CT molecular complexity index is 1310. The standard InChI is InChI=1S/C34H44Cl3N3O.C4H8/c1-3-4-5-6-7-8-9-10-11-12-13-14-15-16-17-24-38-34(41)32-26(2)33(27-18-20-28(35)21-19-27)40(39-32)31-23-22-29(36)25-30(31)37;1-2-4-3-1/h9-10,18-23,25H,3-8,11-17,24H2,1-2H3,(H,38,41);1-4H2/b10-9+;. The van der Waals surface area contributed by atoms with Crippen molar-refractivity contribution in [1.29, 1.82) is 0 Å². The molecular weight excluding hydrogens is 621 g/mol. The molecule has 1 aliphatic carbocycles. The first-order chi connectivity index (χ1) is 21.9. The highest BCUT2D eigenvalue weighted by Crippen LogP contribution is 2.33. The minimum absolute atomic E-state index is 0.182. The Hall–Kier alpha value is -2.27. The quantitative estimate of drug-likeness (QED) is 0.108. The smallest absolute Gasteiger partial charge is 0.272 e. The van der Waals surface area contributed by atoms with Gasteiger partial charge in [-0.3, -0.25) is 4.79 Å². The van der Waals surface area contributed by atoms with Crippen molar-refractivity contribution in [2.24, 2.45) is 0 Å². The maximum Gasteiger partial charge on any atom is 0.272 e. The second kappa shape index (κ2) is 21.5. The normalized spacial score (nSPS) is 12.6. The van der Waals surface area contributed by atoms with Gasteiger partial charge in [-0.25, -0.2) is 4.68 Å². The number of amides is 1. The Morgan fingerprint density at radius 3 is 1.91 bits per heavy atom. The predicted molar refractivity (Wildman–Crippen MR) is 194 cm³/mol. The molecule has 1 saturated carbocycles. The summed E-state index contributed by atoms with van der Waals surface area (Å²) in [6.07, 6.45) is 26.9. The van der Waals surface area contributed by atoms with Crippen molar-refractivity contribution in [3.63, 3.8) is 0 Å². The zero-order valence-electron chi connectivity index (χ0n) is 27.4. The number of rotatable bonds is 18. The Labute approximate surface area is 286 Å². The zero-order chi connectivity index (χ0) is 32.3. The maximum atomic E-state index is 13.2. The minimum atomic E-state index is -0.182. The molecule has 0 aliphatic heterocycles. The van der Waals surface area contributed by atoms with Gasteiger partial charge in [0.05, 0.1) is 16.4 Å². The molecule has 0 atom stereocenters. The average molecular weight is 673 g/mol. The van der Waals surface area contributed by atoms with E-state index in [9.17, 15) is 4.79 Å². The van der Waals surface area contributed by atoms with Gasteiger partial charge in [-0.1, -0.05) is 143 Å². The molecule has 2 aromatic carbocycles. The number of unbranched alkanes of at least 4 members (excludes halogenated alkanes) is 11. The molecule has 246 valence electrons. The molecule has 1 aromatic heterocycles. The number of aromatic nitrogens is 2. The van der Waals surface area contributed by atoms with Crippen LogP contribution in [-0.2, 0) is 0 Å². The molecule has 7 heteroatoms. The van der Waals surface area contributed by atoms with Gasteiger partial charge in [0.15, 0.2) is 5.69 Å². The molecule has 0 unspecified atom stereocenters. The van der Waals surface area contributed by atoms with E-state index in [4.69, 9.17) is 39.9 Å². The molecule has 0 radical (unpaired) electrons. The molecule has 1 heterocycles. The van der Waals surface area contributed by atoms with Crippen LogP contribution in [0.1, 0.15) is 132 Å². The third-order valence-corrected chi connectivity index (χ3v) is 9.11. The molecule has 1 amide bonds. The van der Waals surface area contributed by atoms with Crippen molar-refractivity contribution in [2.75, 3.05) is 6.54 Å². The summed E-state index contributed by atoms with van der Waals surface area (Å²) in [6.45, 7) is 4.80. The van der Waals surface area contributed by atoms with Gasteiger partial charge in [0.25, 0.3) is 5.91 Å². The van der Waals surface area contributed by atoms with Crippen molar-refractivity contribution >= 4 is 40.7 Å². The molecule has 0 spiro atoms. The zero-order valence-corrected chi connectivity index (χ0v) is 29.6. The van der Waals surface area contributed by atoms with Crippen LogP contribution < -0.4 is 5.32 Å². The number of hydrogen-bond acceptors (Lipinski definition) is 2. The Kier molecular flexibility index (Phi) is 17.8. The number of halogens is 3. The van der Waals surface area contributed by atoms with Gasteiger partial charge in [-0.15, -0.1) is 0 Å². The first kappa shape index (κ1) is 37.2. The van der Waals surface area contributed by atoms with Gasteiger partial charge in [-0.2, -0.15) is 5.10 Å². The Morgan fingerprint density at radius 2 is 1.33 bits per heavy atom. The molecule has 3 aromatic rings. The highest BCUT2D eigenvalue weighted by molar-refractivity contribution is 6.35. The fraction of sp³-hybridized carbons (Fsp3) is 0.526. The van der Waals surface area contributed by atoms with Gasteiger partial charge in [-0.05, 0) is 69.4 Å². The lowest BCUT2D eigenvalue weighted by Crippen LogP contribution is -2.25. The summed E-state index contributed by atoms with van der Waals surface area (Å²) in [4.78, 5) is 13.2. The second-order valence-electron chi connectivity index (χ2n) is 12.1. The number of allylic oxidation sites excluding steroid dienone is 2. The van der Waals surface area contributed by atoms with Crippen LogP contribution in [0.3, 0.4) is 0 Å². The molecule has 4 rings (SSSR count). The van der Waals surface area contributed by atoms with Crippen molar-refractivity contribution in [1.82, 2.24) is 15.1 Å². The average Bonchev–Trinajstić information content (AvgIpc) is 3.33. The molecule has 1 fully saturated rings. The first-order valence-electron chi connectivity index (χ1n) is 17.2. The van der Waals surface area contributed by atoms with Crippen LogP contribution in [0.5, 0.6) is 0 Å². The van der Waals surface area contributed by atoms with Crippen LogP contribution >= 0.6 is 34.8 Å². The highest BCUT2D eigenvalue weighted by atomic mass is 35.5. The molecular formula is C38H52Cl3N3O. The number of carbonyl (C=O) groups is 1. The van der Waals surface area contributed by atoms with Crippen LogP contribution in [0.2, 0.25) is 15.1 Å². The third-order valence-electron chi connectivity index (χ3n) is 8.32. The summed E-state index contributed by atoms with van der Waals surface area (Å²) in [5, 5.41) is 9.39. The molecule has 45 heavy (non-hydrogen) atoms. The lowest BCUT2D eigenvalue weighted by atomic mass is 10.0. The van der Waals surface area contributed by atoms with E-state index in [2.05, 4.69) is 24.4 Å². The van der Waals surface area contributed by atoms with Crippen LogP contribution in [0.4, 0.5) is 0 Å². The minimum Gasteiger partial charge on any atom is -0.351 e. The lowest BCUT2D eigenvalue weighted by Gasteiger charge is -2.11. The topological polar surface area (TPSA) is 46.9 Å². The van der Waals surface area contributed by atoms with Crippen LogP contribution in [0.25, 0.3) is 16.9 Å². The number of benzene rings is 2. The van der Waals surface area contributed by atoms with Gasteiger partial charge in [0, 0.05) is 27.7 Å². The van der Waals surface area contributed by atoms with E-state index >= 15 is 0 Å². The van der Waals surface area contributed by atoms with E-state index in [1.54, 1.807) is 16.8 Å². The van der Waals surface area contributed by atoms with Crippen molar-refractivity contribution in [3.8, 4) is 16.9 Å². The van der Waals surface area contributed by atoms with E-state index in [-0.39, 0.29) is 5.91 Å². The van der Waals surface area contributed by atoms with Gasteiger partial charge < -0.3 is 5.32 Å². The second-order valence-corrected chi connectivity index (χ2v) is 13.4. The van der Waals surface area contributed by atoms with Crippen LogP contribution in [-0.4, -0.2) is 22.2 Å². The fourth-order valence-electron chi connectivity index (χ4n) is 5.22. The van der Waals surface area contributed by atoms with E-state index in [1.165, 1.54) is 96.3 Å². The first-order valence-corrected chi connectivity index (χ1v) is 18.3. The van der Waals surface area contributed by atoms with E-state index in [0.717, 1.165) is 29.7 Å². The van der Waals surface area contributed by atoms with Gasteiger partial charge in [0.1, 0.15) is 0 Å². The van der Waals surface area contributed by atoms with Crippen LogP contribution in [0, 0.1) is 6.92 Å². The largest absolute Gasteiger partial charge is 0.351 e. The summed E-state index contributed by atoms with van der Waals surface area (Å²) in [5.74, 6) is -0.182. The van der Waals surface area contributed by atoms with Crippen molar-refractivity contribution < 1.29 is 4.79 Å². The van der Waals surface area contributed by atoms with Crippen LogP contribution in [0.15, 0.2) is 54.6 Å². The van der Waals surface area contributed by atoms with Gasteiger partial charge in [0.2, 0.25) is 0 Å². The van der Waals surface area contributed by atoms with Crippen molar-refractivity contribution in [2.45, 2.75) is 123 Å². The summed E-state index contributed by atoms with van der Waals surface area (Å²) >= 11 is 18.8. The molecule has 1 N–H and O–H groups in total. The van der Waals surface area contributed by atoms with E-state index < -0.39 is 0 Å². The SMILES string of the molecule is C1CCC1.CCCCCCC/C=C/CCCCCCCCNC(=O)c1nn(-c2ccc(Cl)cc2Cl)c(-c2ccc(Cl)cc2)c1C. The van der Waals surface area contributed by atoms with E-state index in [1.807, 2.05) is 37.3 Å². The summed E-state index contributed by atoms with van der Waals surface area (Å²) in [7, 11) is 0. The Morgan fingerprint density at radius 1 is 0.778 bits per heavy atom. The van der Waals surface area contributed by atoms with Gasteiger partial charge >= 0.3 is 0 Å². The van der Waals surface area contributed by atoms with E-state index in [0.29, 0.717) is 33.0 Å². The molecule has 0 saturated heterocycles. The number of carbonyl (C=O) groups excluding carboxylic acids is 1.